The van der Waals surface area contributed by atoms with Gasteiger partial charge in [0, 0.05) is 36.3 Å². The zero-order chi connectivity index (χ0) is 51.9. The summed E-state index contributed by atoms with van der Waals surface area (Å²) in [4.78, 5) is 81.8. The lowest BCUT2D eigenvalue weighted by molar-refractivity contribution is -0.140. The van der Waals surface area contributed by atoms with Gasteiger partial charge in [-0.2, -0.15) is 4.98 Å². The second kappa shape index (κ2) is 24.3. The monoisotopic (exact) mass is 982 g/mol. The Morgan fingerprint density at radius 1 is 0.667 bits per heavy atom. The Labute approximate surface area is 410 Å². The van der Waals surface area contributed by atoms with E-state index in [2.05, 4.69) is 61.2 Å². The number of nitrogens with zero attached hydrogens (tertiary/aromatic N) is 7. The maximum atomic E-state index is 13.5. The number of nitrogens with one attached hydrogen (secondary N) is 4. The number of amides is 4. The maximum absolute atomic E-state index is 13.5. The molecule has 22 heteroatoms. The molecule has 20 nitrogen and oxygen atoms in total. The molecule has 0 saturated carbocycles. The largest absolute Gasteiger partial charge is 0.469 e. The van der Waals surface area contributed by atoms with Crippen LogP contribution in [-0.4, -0.2) is 77.8 Å². The highest BCUT2D eigenvalue weighted by Gasteiger charge is 2.19. The fourth-order valence-corrected chi connectivity index (χ4v) is 6.66. The number of aryl methyl sites for hydroxylation is 2. The van der Waals surface area contributed by atoms with E-state index in [1.165, 1.54) is 31.4 Å². The number of nitrogens with two attached hydrogens (primary N) is 1. The zero-order valence-corrected chi connectivity index (χ0v) is 39.4. The first kappa shape index (κ1) is 52.0. The number of halogens is 2. The van der Waals surface area contributed by atoms with Gasteiger partial charge in [0.25, 0.3) is 23.6 Å². The molecule has 0 fully saturated rings. The van der Waals surface area contributed by atoms with E-state index in [1.54, 1.807) is 100 Å². The van der Waals surface area contributed by atoms with Gasteiger partial charge in [-0.1, -0.05) is 83.1 Å². The summed E-state index contributed by atoms with van der Waals surface area (Å²) in [5.41, 5.74) is 10.9. The number of oxime groups is 1. The molecule has 0 radical (unpaired) electrons. The fraction of sp³-hybridized carbons (Fsp3) is 0.200. The van der Waals surface area contributed by atoms with Crippen molar-refractivity contribution in [3.05, 3.63) is 189 Å². The highest BCUT2D eigenvalue weighted by Crippen LogP contribution is 2.21. The predicted molar refractivity (Wildman–Crippen MR) is 255 cm³/mol. The third kappa shape index (κ3) is 14.1. The van der Waals surface area contributed by atoms with E-state index in [4.69, 9.17) is 15.5 Å². The molecule has 0 aliphatic heterocycles. The van der Waals surface area contributed by atoms with Crippen molar-refractivity contribution in [3.8, 4) is 11.4 Å². The molecule has 0 spiro atoms. The molecule has 4 aromatic carbocycles. The lowest BCUT2D eigenvalue weighted by Crippen LogP contribution is -2.29. The molecule has 7 rings (SSSR count). The fourth-order valence-electron chi connectivity index (χ4n) is 6.66. The van der Waals surface area contributed by atoms with Gasteiger partial charge in [-0.25, -0.2) is 28.7 Å². The average molecular weight is 983 g/mol. The van der Waals surface area contributed by atoms with Crippen molar-refractivity contribution in [1.82, 2.24) is 51.3 Å². The summed E-state index contributed by atoms with van der Waals surface area (Å²) in [5, 5.41) is 26.6. The summed E-state index contributed by atoms with van der Waals surface area (Å²) in [6.45, 7) is 7.23. The normalized spacial score (nSPS) is 11.8. The minimum absolute atomic E-state index is 0.0143. The maximum Gasteiger partial charge on any atom is 0.315 e. The Kier molecular flexibility index (Phi) is 17.6. The summed E-state index contributed by atoms with van der Waals surface area (Å²) in [6, 6.07) is 24.9. The summed E-state index contributed by atoms with van der Waals surface area (Å²) in [7, 11) is 1.28. The minimum atomic E-state index is -0.492. The van der Waals surface area contributed by atoms with Gasteiger partial charge in [0.15, 0.2) is 5.84 Å². The van der Waals surface area contributed by atoms with Gasteiger partial charge in [0.05, 0.1) is 19.2 Å². The number of hydrogen-bond donors (Lipinski definition) is 6. The third-order valence-corrected chi connectivity index (χ3v) is 10.8. The first-order valence-electron chi connectivity index (χ1n) is 21.9. The molecular formula is C50H48F2N12O8. The van der Waals surface area contributed by atoms with Crippen molar-refractivity contribution in [2.45, 2.75) is 59.3 Å². The lowest BCUT2D eigenvalue weighted by Gasteiger charge is -2.14. The van der Waals surface area contributed by atoms with Gasteiger partial charge in [0.2, 0.25) is 11.7 Å². The van der Waals surface area contributed by atoms with Crippen LogP contribution in [0.5, 0.6) is 0 Å². The van der Waals surface area contributed by atoms with Crippen molar-refractivity contribution in [3.63, 3.8) is 0 Å². The number of hydrogen-bond acceptors (Lipinski definition) is 15. The van der Waals surface area contributed by atoms with Crippen molar-refractivity contribution < 1.29 is 47.2 Å². The van der Waals surface area contributed by atoms with Crippen molar-refractivity contribution in [1.29, 1.82) is 0 Å². The van der Waals surface area contributed by atoms with Crippen LogP contribution < -0.4 is 27.0 Å². The van der Waals surface area contributed by atoms with E-state index in [0.29, 0.717) is 28.1 Å². The van der Waals surface area contributed by atoms with E-state index in [1.807, 2.05) is 0 Å². The van der Waals surface area contributed by atoms with Crippen LogP contribution in [0, 0.1) is 25.5 Å². The topological polar surface area (TPSA) is 292 Å². The van der Waals surface area contributed by atoms with E-state index in [0.717, 1.165) is 34.9 Å². The predicted octanol–water partition coefficient (Wildman–Crippen LogP) is 5.55. The number of methoxy groups -OCH3 is 1. The van der Waals surface area contributed by atoms with Crippen LogP contribution in [0.25, 0.3) is 11.4 Å². The van der Waals surface area contributed by atoms with Crippen molar-refractivity contribution >= 4 is 35.4 Å². The van der Waals surface area contributed by atoms with Crippen molar-refractivity contribution in [2.75, 3.05) is 7.11 Å². The molecule has 7 N–H and O–H groups in total. The van der Waals surface area contributed by atoms with Gasteiger partial charge >= 0.3 is 5.97 Å². The van der Waals surface area contributed by atoms with Crippen LogP contribution in [0.15, 0.2) is 119 Å². The SMILES string of the molecule is COC(=O)Cc1nc(-c2ccc([C@H](C)NC(=O)c3cc(C(=O)NCc4ccc(F)c(C)c4)ncn3)cc2)no1.Cc1cc(CNC(=O)c2cc(C(=O)N[C@@H](C)c3ccc(/C(N)=N/O)cc3)ncn2)ccc1F. The van der Waals surface area contributed by atoms with E-state index in [9.17, 15) is 32.8 Å². The van der Waals surface area contributed by atoms with E-state index < -0.39 is 29.6 Å². The molecule has 0 bridgehead atoms. The third-order valence-electron chi connectivity index (χ3n) is 10.8. The second-order valence-electron chi connectivity index (χ2n) is 16.0. The van der Waals surface area contributed by atoms with Gasteiger partial charge in [-0.05, 0) is 73.2 Å². The van der Waals surface area contributed by atoms with Crippen LogP contribution in [0.2, 0.25) is 0 Å². The van der Waals surface area contributed by atoms with E-state index in [-0.39, 0.29) is 77.7 Å². The molecule has 4 amide bonds. The Balaban J connectivity index is 0.000000239. The summed E-state index contributed by atoms with van der Waals surface area (Å²) >= 11 is 0. The molecule has 0 aliphatic rings. The minimum Gasteiger partial charge on any atom is -0.469 e. The number of esters is 1. The van der Waals surface area contributed by atoms with Crippen LogP contribution in [0.4, 0.5) is 8.78 Å². The van der Waals surface area contributed by atoms with Crippen LogP contribution >= 0.6 is 0 Å². The summed E-state index contributed by atoms with van der Waals surface area (Å²) < 4.78 is 36.5. The lowest BCUT2D eigenvalue weighted by atomic mass is 10.1. The highest BCUT2D eigenvalue weighted by atomic mass is 19.1. The standard InChI is InChI=1S/C27H25FN6O5.C23H23FN6O3/c1-15-10-17(4-9-20(15)28)13-29-26(36)21-11-22(31-14-30-21)27(37)32-16(2)18-5-7-19(8-6-18)25-33-23(39-34-25)12-24(35)38-3;1-13-9-15(3-8-18(13)24)11-26-22(31)19-10-20(28-12-27-19)23(32)29-14(2)16-4-6-17(7-5-16)21(25)30-33/h4-11,14,16H,12-13H2,1-3H3,(H,29,36)(H,32,37);3-10,12,14,33H,11H2,1-2H3,(H2,25,30)(H,26,31)(H,29,32)/t16-;14-/m00/s1. The molecule has 72 heavy (non-hydrogen) atoms. The molecular weight excluding hydrogens is 935 g/mol. The molecule has 0 saturated heterocycles. The van der Waals surface area contributed by atoms with E-state index >= 15 is 0 Å². The quantitative estimate of drug-likeness (QED) is 0.0227. The molecule has 3 aromatic heterocycles. The Morgan fingerprint density at radius 2 is 1.11 bits per heavy atom. The zero-order valence-electron chi connectivity index (χ0n) is 39.4. The van der Waals surface area contributed by atoms with Gasteiger partial charge in [-0.3, -0.25) is 24.0 Å². The number of ether oxygens (including phenoxy) is 1. The number of amidine groups is 1. The number of carbonyl (C=O) groups excluding carboxylic acids is 5. The van der Waals surface area contributed by atoms with Crippen LogP contribution in [-0.2, 0) is 29.0 Å². The molecule has 2 atom stereocenters. The molecule has 370 valence electrons. The highest BCUT2D eigenvalue weighted by molar-refractivity contribution is 5.98. The number of carbonyl (C=O) groups is 5. The van der Waals surface area contributed by atoms with Crippen molar-refractivity contribution in [2.24, 2.45) is 10.9 Å². The van der Waals surface area contributed by atoms with Gasteiger partial charge in [-0.15, -0.1) is 0 Å². The molecule has 0 unspecified atom stereocenters. The van der Waals surface area contributed by atoms with Gasteiger partial charge in [0.1, 0.15) is 53.5 Å². The smallest absolute Gasteiger partial charge is 0.315 e. The Bertz CT molecular complexity index is 3110. The summed E-state index contributed by atoms with van der Waals surface area (Å²) in [5.74, 6) is -2.61. The summed E-state index contributed by atoms with van der Waals surface area (Å²) in [6.07, 6.45) is 2.16. The number of aromatic nitrogens is 6. The number of benzene rings is 4. The average Bonchev–Trinajstić information content (AvgIpc) is 3.87. The Morgan fingerprint density at radius 3 is 1.54 bits per heavy atom. The first-order valence-corrected chi connectivity index (χ1v) is 21.9. The number of rotatable bonds is 16. The molecule has 0 aliphatic carbocycles. The van der Waals surface area contributed by atoms with Gasteiger partial charge < -0.3 is 41.5 Å². The Hall–Kier alpha value is -9.34. The molecule has 3 heterocycles. The molecule has 7 aromatic rings. The van der Waals surface area contributed by atoms with Crippen LogP contribution in [0.1, 0.15) is 113 Å². The van der Waals surface area contributed by atoms with Crippen LogP contribution in [0.3, 0.4) is 0 Å². The first-order chi connectivity index (χ1) is 34.5. The second-order valence-corrected chi connectivity index (χ2v) is 16.0.